The Morgan fingerprint density at radius 1 is 1.00 bits per heavy atom. The zero-order valence-electron chi connectivity index (χ0n) is 13.2. The molecular formula is C15H22ClN3O3S. The first-order chi connectivity index (χ1) is 11.0. The van der Waals surface area contributed by atoms with Gasteiger partial charge >= 0.3 is 0 Å². The fraction of sp³-hybridized carbons (Fsp3) is 0.600. The molecule has 0 unspecified atom stereocenters. The largest absolute Gasteiger partial charge is 0.379 e. The third kappa shape index (κ3) is 3.64. The smallest absolute Gasteiger partial charge is 0.282 e. The topological polar surface area (TPSA) is 53.1 Å². The first-order valence-corrected chi connectivity index (χ1v) is 9.60. The summed E-state index contributed by atoms with van der Waals surface area (Å²) in [6, 6.07) is 5.82. The number of hydrogen-bond donors (Lipinski definition) is 0. The maximum absolute atomic E-state index is 12.7. The van der Waals surface area contributed by atoms with Gasteiger partial charge in [-0.15, -0.1) is 0 Å². The van der Waals surface area contributed by atoms with Crippen LogP contribution in [0.25, 0.3) is 0 Å². The number of anilines is 1. The first kappa shape index (κ1) is 17.0. The van der Waals surface area contributed by atoms with Gasteiger partial charge in [0, 0.05) is 50.0 Å². The lowest BCUT2D eigenvalue weighted by atomic mass is 10.1. The number of ether oxygens (including phenoxy) is 1. The van der Waals surface area contributed by atoms with Gasteiger partial charge in [0.15, 0.2) is 0 Å². The molecule has 2 heterocycles. The van der Waals surface area contributed by atoms with Crippen molar-refractivity contribution >= 4 is 27.5 Å². The third-order valence-corrected chi connectivity index (χ3v) is 6.64. The Kier molecular flexibility index (Phi) is 5.13. The van der Waals surface area contributed by atoms with E-state index in [4.69, 9.17) is 16.3 Å². The highest BCUT2D eigenvalue weighted by Gasteiger charge is 2.33. The lowest BCUT2D eigenvalue weighted by Crippen LogP contribution is -2.55. The van der Waals surface area contributed by atoms with Gasteiger partial charge in [-0.3, -0.25) is 0 Å². The van der Waals surface area contributed by atoms with Crippen LogP contribution < -0.4 is 4.90 Å². The molecule has 1 aromatic rings. The molecule has 0 N–H and O–H groups in total. The normalized spacial score (nSPS) is 21.6. The van der Waals surface area contributed by atoms with E-state index in [-0.39, 0.29) is 0 Å². The van der Waals surface area contributed by atoms with Crippen LogP contribution in [0.15, 0.2) is 18.2 Å². The molecule has 2 fully saturated rings. The van der Waals surface area contributed by atoms with Gasteiger partial charge in [-0.25, -0.2) is 0 Å². The van der Waals surface area contributed by atoms with Crippen molar-refractivity contribution in [2.24, 2.45) is 0 Å². The van der Waals surface area contributed by atoms with Crippen molar-refractivity contribution in [1.82, 2.24) is 8.61 Å². The molecular weight excluding hydrogens is 338 g/mol. The minimum absolute atomic E-state index is 0.440. The highest BCUT2D eigenvalue weighted by molar-refractivity contribution is 7.86. The predicted octanol–water partition coefficient (Wildman–Crippen LogP) is 1.35. The molecule has 1 aromatic carbocycles. The van der Waals surface area contributed by atoms with Gasteiger partial charge in [0.05, 0.1) is 13.2 Å². The van der Waals surface area contributed by atoms with Gasteiger partial charge < -0.3 is 9.64 Å². The molecule has 0 aliphatic carbocycles. The summed E-state index contributed by atoms with van der Waals surface area (Å²) in [5, 5.41) is 0.703. The zero-order valence-corrected chi connectivity index (χ0v) is 14.8. The number of nitrogens with zero attached hydrogens (tertiary/aromatic N) is 3. The van der Waals surface area contributed by atoms with Crippen LogP contribution in [0.3, 0.4) is 0 Å². The van der Waals surface area contributed by atoms with Crippen LogP contribution in [-0.2, 0) is 14.9 Å². The van der Waals surface area contributed by atoms with E-state index in [1.54, 1.807) is 4.31 Å². The van der Waals surface area contributed by atoms with Crippen LogP contribution in [0.5, 0.6) is 0 Å². The molecule has 0 aromatic heterocycles. The number of halogens is 1. The van der Waals surface area contributed by atoms with Crippen molar-refractivity contribution < 1.29 is 13.2 Å². The van der Waals surface area contributed by atoms with E-state index in [0.29, 0.717) is 57.5 Å². The number of benzene rings is 1. The molecule has 0 atom stereocenters. The maximum atomic E-state index is 12.7. The summed E-state index contributed by atoms with van der Waals surface area (Å²) >= 11 is 6.09. The highest BCUT2D eigenvalue weighted by atomic mass is 35.5. The van der Waals surface area contributed by atoms with E-state index in [0.717, 1.165) is 11.3 Å². The van der Waals surface area contributed by atoms with Crippen molar-refractivity contribution in [3.63, 3.8) is 0 Å². The van der Waals surface area contributed by atoms with E-state index in [2.05, 4.69) is 4.90 Å². The van der Waals surface area contributed by atoms with Crippen molar-refractivity contribution in [1.29, 1.82) is 0 Å². The molecule has 3 rings (SSSR count). The number of piperazine rings is 1. The molecule has 0 amide bonds. The lowest BCUT2D eigenvalue weighted by molar-refractivity contribution is 0.0700. The lowest BCUT2D eigenvalue weighted by Gasteiger charge is -2.39. The Balaban J connectivity index is 1.67. The molecule has 2 saturated heterocycles. The molecule has 0 saturated carbocycles. The third-order valence-electron chi connectivity index (χ3n) is 4.37. The maximum Gasteiger partial charge on any atom is 0.282 e. The van der Waals surface area contributed by atoms with Crippen LogP contribution >= 0.6 is 11.6 Å². The molecule has 0 bridgehead atoms. The van der Waals surface area contributed by atoms with Crippen LogP contribution in [-0.4, -0.2) is 69.5 Å². The number of hydrogen-bond acceptors (Lipinski definition) is 4. The second-order valence-corrected chi connectivity index (χ2v) is 8.20. The van der Waals surface area contributed by atoms with E-state index in [1.807, 2.05) is 25.1 Å². The summed E-state index contributed by atoms with van der Waals surface area (Å²) in [5.41, 5.74) is 2.24. The van der Waals surface area contributed by atoms with Gasteiger partial charge in [-0.2, -0.15) is 17.0 Å². The van der Waals surface area contributed by atoms with Crippen molar-refractivity contribution in [3.8, 4) is 0 Å². The van der Waals surface area contributed by atoms with Crippen molar-refractivity contribution in [3.05, 3.63) is 28.8 Å². The van der Waals surface area contributed by atoms with Gasteiger partial charge in [0.1, 0.15) is 0 Å². The Morgan fingerprint density at radius 2 is 1.61 bits per heavy atom. The fourth-order valence-corrected chi connectivity index (χ4v) is 4.75. The summed E-state index contributed by atoms with van der Waals surface area (Å²) in [5.74, 6) is 0. The Morgan fingerprint density at radius 3 is 2.26 bits per heavy atom. The zero-order chi connectivity index (χ0) is 16.4. The molecule has 0 radical (unpaired) electrons. The molecule has 2 aliphatic heterocycles. The minimum atomic E-state index is -3.38. The minimum Gasteiger partial charge on any atom is -0.379 e. The molecule has 2 aliphatic rings. The van der Waals surface area contributed by atoms with Crippen molar-refractivity contribution in [2.45, 2.75) is 6.92 Å². The van der Waals surface area contributed by atoms with Crippen LogP contribution in [0, 0.1) is 6.92 Å². The quantitative estimate of drug-likeness (QED) is 0.817. The summed E-state index contributed by atoms with van der Waals surface area (Å²) in [4.78, 5) is 2.20. The summed E-state index contributed by atoms with van der Waals surface area (Å²) < 4.78 is 33.7. The average molecular weight is 360 g/mol. The molecule has 0 spiro atoms. The fourth-order valence-electron chi connectivity index (χ4n) is 3.02. The van der Waals surface area contributed by atoms with Crippen molar-refractivity contribution in [2.75, 3.05) is 57.4 Å². The molecule has 128 valence electrons. The average Bonchev–Trinajstić information content (AvgIpc) is 2.58. The molecule has 23 heavy (non-hydrogen) atoms. The van der Waals surface area contributed by atoms with Crippen LogP contribution in [0.2, 0.25) is 5.02 Å². The SMILES string of the molecule is Cc1ccc(Cl)cc1N1CCN(S(=O)(=O)N2CCOCC2)CC1. The first-order valence-electron chi connectivity index (χ1n) is 7.82. The van der Waals surface area contributed by atoms with Gasteiger partial charge in [0.2, 0.25) is 0 Å². The van der Waals surface area contributed by atoms with E-state index in [1.165, 1.54) is 4.31 Å². The predicted molar refractivity (Wildman–Crippen MR) is 91.3 cm³/mol. The van der Waals surface area contributed by atoms with Crippen LogP contribution in [0.1, 0.15) is 5.56 Å². The highest BCUT2D eigenvalue weighted by Crippen LogP contribution is 2.26. The van der Waals surface area contributed by atoms with E-state index < -0.39 is 10.2 Å². The van der Waals surface area contributed by atoms with Gasteiger partial charge in [-0.05, 0) is 24.6 Å². The molecule has 6 nitrogen and oxygen atoms in total. The second kappa shape index (κ2) is 6.94. The Bertz CT molecular complexity index is 654. The van der Waals surface area contributed by atoms with Gasteiger partial charge in [0.25, 0.3) is 10.2 Å². The standard InChI is InChI=1S/C15H22ClN3O3S/c1-13-2-3-14(16)12-15(13)17-4-6-18(7-5-17)23(20,21)19-8-10-22-11-9-19/h2-3,12H,4-11H2,1H3. The Labute approximate surface area is 142 Å². The Hall–Kier alpha value is -0.860. The van der Waals surface area contributed by atoms with E-state index in [9.17, 15) is 8.42 Å². The summed E-state index contributed by atoms with van der Waals surface area (Å²) in [6.45, 7) is 6.20. The monoisotopic (exact) mass is 359 g/mol. The summed E-state index contributed by atoms with van der Waals surface area (Å²) in [6.07, 6.45) is 0. The van der Waals surface area contributed by atoms with Crippen LogP contribution in [0.4, 0.5) is 5.69 Å². The molecule has 8 heteroatoms. The number of rotatable bonds is 3. The van der Waals surface area contributed by atoms with Gasteiger partial charge in [-0.1, -0.05) is 17.7 Å². The number of aryl methyl sites for hydroxylation is 1. The second-order valence-electron chi connectivity index (χ2n) is 5.84. The van der Waals surface area contributed by atoms with E-state index >= 15 is 0 Å². The summed E-state index contributed by atoms with van der Waals surface area (Å²) in [7, 11) is -3.38. The number of morpholine rings is 1.